The minimum atomic E-state index is -0.0956. The molecular formula is C14H19N3OS. The maximum atomic E-state index is 5.75. The average molecular weight is 277 g/mol. The van der Waals surface area contributed by atoms with Crippen molar-refractivity contribution in [3.8, 4) is 5.75 Å². The van der Waals surface area contributed by atoms with Crippen LogP contribution < -0.4 is 16.0 Å². The number of nitrogens with two attached hydrogens (primary N) is 1. The molecule has 3 N–H and O–H groups in total. The molecule has 19 heavy (non-hydrogen) atoms. The van der Waals surface area contributed by atoms with Gasteiger partial charge in [-0.15, -0.1) is 11.3 Å². The fraction of sp³-hybridized carbons (Fsp3) is 0.357. The Morgan fingerprint density at radius 3 is 2.58 bits per heavy atom. The van der Waals surface area contributed by atoms with Gasteiger partial charge < -0.3 is 4.74 Å². The molecule has 1 atom stereocenters. The number of hydrazine groups is 1. The second-order valence-corrected chi connectivity index (χ2v) is 5.85. The molecule has 2 rings (SSSR count). The maximum Gasteiger partial charge on any atom is 0.124 e. The molecule has 5 heteroatoms. The Morgan fingerprint density at radius 1 is 1.32 bits per heavy atom. The Balaban J connectivity index is 2.55. The Bertz CT molecular complexity index is 580. The lowest BCUT2D eigenvalue weighted by Crippen LogP contribution is -2.29. The van der Waals surface area contributed by atoms with Gasteiger partial charge in [-0.05, 0) is 38.0 Å². The van der Waals surface area contributed by atoms with Crippen molar-refractivity contribution in [3.05, 3.63) is 44.9 Å². The largest absolute Gasteiger partial charge is 0.496 e. The summed E-state index contributed by atoms with van der Waals surface area (Å²) in [6.45, 7) is 6.12. The molecule has 0 saturated carbocycles. The quantitative estimate of drug-likeness (QED) is 0.666. The minimum Gasteiger partial charge on any atom is -0.496 e. The van der Waals surface area contributed by atoms with E-state index in [1.54, 1.807) is 18.4 Å². The van der Waals surface area contributed by atoms with Crippen molar-refractivity contribution in [2.45, 2.75) is 26.8 Å². The van der Waals surface area contributed by atoms with Crippen molar-refractivity contribution in [1.29, 1.82) is 0 Å². The average Bonchev–Trinajstić information content (AvgIpc) is 2.78. The Hall–Kier alpha value is -1.43. The normalized spacial score (nSPS) is 12.5. The smallest absolute Gasteiger partial charge is 0.124 e. The van der Waals surface area contributed by atoms with Crippen molar-refractivity contribution in [2.75, 3.05) is 7.11 Å². The van der Waals surface area contributed by atoms with Crippen molar-refractivity contribution in [2.24, 2.45) is 5.84 Å². The molecule has 2 aromatic rings. The lowest BCUT2D eigenvalue weighted by atomic mass is 9.97. The molecule has 0 aliphatic rings. The van der Waals surface area contributed by atoms with Crippen molar-refractivity contribution in [1.82, 2.24) is 10.4 Å². The van der Waals surface area contributed by atoms with Gasteiger partial charge in [-0.3, -0.25) is 5.84 Å². The Labute approximate surface area is 117 Å². The van der Waals surface area contributed by atoms with Crippen molar-refractivity contribution < 1.29 is 4.74 Å². The van der Waals surface area contributed by atoms with Gasteiger partial charge in [0.05, 0.1) is 18.2 Å². The first-order valence-corrected chi connectivity index (χ1v) is 6.92. The van der Waals surface area contributed by atoms with Crippen LogP contribution >= 0.6 is 11.3 Å². The third-order valence-electron chi connectivity index (χ3n) is 3.09. The zero-order valence-corrected chi connectivity index (χ0v) is 12.5. The van der Waals surface area contributed by atoms with Crippen LogP contribution in [0.25, 0.3) is 0 Å². The van der Waals surface area contributed by atoms with E-state index in [1.807, 2.05) is 19.2 Å². The first-order valence-electron chi connectivity index (χ1n) is 6.10. The summed E-state index contributed by atoms with van der Waals surface area (Å²) < 4.78 is 5.51. The molecule has 0 bridgehead atoms. The van der Waals surface area contributed by atoms with Crippen LogP contribution in [-0.2, 0) is 0 Å². The van der Waals surface area contributed by atoms with Gasteiger partial charge in [-0.1, -0.05) is 6.07 Å². The molecule has 1 unspecified atom stereocenters. The molecule has 0 aliphatic heterocycles. The van der Waals surface area contributed by atoms with Crippen LogP contribution in [0.3, 0.4) is 0 Å². The Kier molecular flexibility index (Phi) is 4.19. The summed E-state index contributed by atoms with van der Waals surface area (Å²) in [5.74, 6) is 6.60. The number of methoxy groups -OCH3 is 1. The number of rotatable bonds is 4. The van der Waals surface area contributed by atoms with E-state index >= 15 is 0 Å². The highest BCUT2D eigenvalue weighted by molar-refractivity contribution is 7.11. The lowest BCUT2D eigenvalue weighted by Gasteiger charge is -2.20. The standard InChI is InChI=1S/C14H19N3OS/c1-8-5-9(2)13(11(6-8)18-4)14(17-15)12-7-16-10(3)19-12/h5-7,14,17H,15H2,1-4H3. The van der Waals surface area contributed by atoms with E-state index in [-0.39, 0.29) is 6.04 Å². The summed E-state index contributed by atoms with van der Waals surface area (Å²) in [5.41, 5.74) is 6.28. The second-order valence-electron chi connectivity index (χ2n) is 4.58. The highest BCUT2D eigenvalue weighted by atomic mass is 32.1. The highest BCUT2D eigenvalue weighted by Gasteiger charge is 2.21. The number of nitrogens with zero attached hydrogens (tertiary/aromatic N) is 1. The molecule has 1 aromatic carbocycles. The van der Waals surface area contributed by atoms with Crippen LogP contribution in [0.1, 0.15) is 32.6 Å². The number of hydrogen-bond acceptors (Lipinski definition) is 5. The topological polar surface area (TPSA) is 60.2 Å². The summed E-state index contributed by atoms with van der Waals surface area (Å²) >= 11 is 1.64. The predicted octanol–water partition coefficient (Wildman–Crippen LogP) is 2.63. The van der Waals surface area contributed by atoms with E-state index in [1.165, 1.54) is 5.56 Å². The molecular weight excluding hydrogens is 258 g/mol. The molecule has 0 amide bonds. The summed E-state index contributed by atoms with van der Waals surface area (Å²) in [5, 5.41) is 1.03. The highest BCUT2D eigenvalue weighted by Crippen LogP contribution is 2.35. The van der Waals surface area contributed by atoms with Gasteiger partial charge in [0.15, 0.2) is 0 Å². The van der Waals surface area contributed by atoms with E-state index in [9.17, 15) is 0 Å². The molecule has 0 fully saturated rings. The Morgan fingerprint density at radius 2 is 2.05 bits per heavy atom. The van der Waals surface area contributed by atoms with Gasteiger partial charge in [0.1, 0.15) is 5.75 Å². The summed E-state index contributed by atoms with van der Waals surface area (Å²) in [4.78, 5) is 5.38. The van der Waals surface area contributed by atoms with Gasteiger partial charge in [0, 0.05) is 16.6 Å². The number of ether oxygens (including phenoxy) is 1. The first-order chi connectivity index (χ1) is 9.06. The lowest BCUT2D eigenvalue weighted by molar-refractivity contribution is 0.403. The molecule has 0 saturated heterocycles. The predicted molar refractivity (Wildman–Crippen MR) is 78.5 cm³/mol. The van der Waals surface area contributed by atoms with Crippen LogP contribution in [-0.4, -0.2) is 12.1 Å². The maximum absolute atomic E-state index is 5.75. The summed E-state index contributed by atoms with van der Waals surface area (Å²) in [7, 11) is 1.68. The third-order valence-corrected chi connectivity index (χ3v) is 4.07. The van der Waals surface area contributed by atoms with Gasteiger partial charge in [0.25, 0.3) is 0 Å². The SMILES string of the molecule is COc1cc(C)cc(C)c1C(NN)c1cnc(C)s1. The van der Waals surface area contributed by atoms with Crippen molar-refractivity contribution >= 4 is 11.3 Å². The summed E-state index contributed by atoms with van der Waals surface area (Å²) in [6.07, 6.45) is 1.86. The van der Waals surface area contributed by atoms with Crippen LogP contribution in [0.4, 0.5) is 0 Å². The number of hydrogen-bond donors (Lipinski definition) is 2. The van der Waals surface area contributed by atoms with Crippen LogP contribution in [0.2, 0.25) is 0 Å². The van der Waals surface area contributed by atoms with Crippen molar-refractivity contribution in [3.63, 3.8) is 0 Å². The molecule has 1 heterocycles. The molecule has 4 nitrogen and oxygen atoms in total. The molecule has 0 aliphatic carbocycles. The second kappa shape index (κ2) is 5.69. The summed E-state index contributed by atoms with van der Waals surface area (Å²) in [6, 6.07) is 4.07. The van der Waals surface area contributed by atoms with Gasteiger partial charge >= 0.3 is 0 Å². The number of thiazole rings is 1. The van der Waals surface area contributed by atoms with E-state index in [0.717, 1.165) is 26.8 Å². The number of benzene rings is 1. The fourth-order valence-corrected chi connectivity index (χ4v) is 3.15. The molecule has 0 radical (unpaired) electrons. The molecule has 1 aromatic heterocycles. The molecule has 0 spiro atoms. The van der Waals surface area contributed by atoms with Crippen LogP contribution in [0.15, 0.2) is 18.3 Å². The van der Waals surface area contributed by atoms with Crippen LogP contribution in [0.5, 0.6) is 5.75 Å². The zero-order valence-electron chi connectivity index (χ0n) is 11.7. The van der Waals surface area contributed by atoms with Crippen LogP contribution in [0, 0.1) is 20.8 Å². The number of aromatic nitrogens is 1. The van der Waals surface area contributed by atoms with E-state index in [0.29, 0.717) is 0 Å². The van der Waals surface area contributed by atoms with E-state index in [4.69, 9.17) is 10.6 Å². The number of nitrogens with one attached hydrogen (secondary N) is 1. The monoisotopic (exact) mass is 277 g/mol. The number of aryl methyl sites for hydroxylation is 3. The van der Waals surface area contributed by atoms with Gasteiger partial charge in [0.2, 0.25) is 0 Å². The first kappa shape index (κ1) is 14.0. The molecule has 102 valence electrons. The van der Waals surface area contributed by atoms with E-state index in [2.05, 4.69) is 30.3 Å². The fourth-order valence-electron chi connectivity index (χ4n) is 2.30. The van der Waals surface area contributed by atoms with Gasteiger partial charge in [-0.25, -0.2) is 10.4 Å². The van der Waals surface area contributed by atoms with E-state index < -0.39 is 0 Å². The zero-order chi connectivity index (χ0) is 14.0. The van der Waals surface area contributed by atoms with Gasteiger partial charge in [-0.2, -0.15) is 0 Å². The minimum absolute atomic E-state index is 0.0956. The third kappa shape index (κ3) is 2.78.